The van der Waals surface area contributed by atoms with Crippen molar-refractivity contribution in [1.29, 1.82) is 0 Å². The van der Waals surface area contributed by atoms with Crippen molar-refractivity contribution in [3.63, 3.8) is 0 Å². The molecule has 0 aromatic carbocycles. The van der Waals surface area contributed by atoms with Gasteiger partial charge in [0.1, 0.15) is 0 Å². The van der Waals surface area contributed by atoms with Crippen molar-refractivity contribution in [2.75, 3.05) is 18.0 Å². The third-order valence-corrected chi connectivity index (χ3v) is 4.28. The Hall–Kier alpha value is -0.890. The van der Waals surface area contributed by atoms with Crippen LogP contribution in [0.5, 0.6) is 0 Å². The van der Waals surface area contributed by atoms with E-state index < -0.39 is 11.2 Å². The number of alkyl halides is 3. The van der Waals surface area contributed by atoms with Crippen LogP contribution >= 0.6 is 11.3 Å². The maximum absolute atomic E-state index is 12.6. The largest absolute Gasteiger partial charge is 0.445 e. The first-order valence-electron chi connectivity index (χ1n) is 6.40. The predicted molar refractivity (Wildman–Crippen MR) is 68.2 cm³/mol. The van der Waals surface area contributed by atoms with Crippen LogP contribution < -0.4 is 10.6 Å². The van der Waals surface area contributed by atoms with Crippen molar-refractivity contribution in [3.05, 3.63) is 5.01 Å². The fourth-order valence-corrected chi connectivity index (χ4v) is 3.17. The Kier molecular flexibility index (Phi) is 4.62. The first-order valence-corrected chi connectivity index (χ1v) is 7.21. The third-order valence-electron chi connectivity index (χ3n) is 3.27. The fourth-order valence-electron chi connectivity index (χ4n) is 2.36. The number of rotatable bonds is 5. The van der Waals surface area contributed by atoms with Crippen LogP contribution in [0.2, 0.25) is 0 Å². The van der Waals surface area contributed by atoms with Crippen LogP contribution in [0.3, 0.4) is 0 Å². The van der Waals surface area contributed by atoms with Crippen LogP contribution in [-0.4, -0.2) is 29.3 Å². The molecule has 1 aliphatic carbocycles. The quantitative estimate of drug-likeness (QED) is 0.907. The Morgan fingerprint density at radius 3 is 2.47 bits per heavy atom. The molecule has 8 heteroatoms. The summed E-state index contributed by atoms with van der Waals surface area (Å²) in [6.45, 7) is 1.17. The molecular formula is C11H17F3N4S. The predicted octanol–water partition coefficient (Wildman–Crippen LogP) is 2.65. The Morgan fingerprint density at radius 2 is 1.95 bits per heavy atom. The molecule has 2 rings (SSSR count). The standard InChI is InChI=1S/C11H17F3N4S/c12-11(13,14)9-16-17-10(19-9)18(7-3-6-15)8-4-1-2-5-8/h8H,1-7,15H2. The number of anilines is 1. The maximum atomic E-state index is 12.6. The second-order valence-corrected chi connectivity index (χ2v) is 5.62. The Bertz CT molecular complexity index is 401. The molecule has 19 heavy (non-hydrogen) atoms. The monoisotopic (exact) mass is 294 g/mol. The van der Waals surface area contributed by atoms with E-state index in [-0.39, 0.29) is 6.04 Å². The molecule has 1 fully saturated rings. The molecule has 2 N–H and O–H groups in total. The average Bonchev–Trinajstić information content (AvgIpc) is 2.99. The molecule has 1 aromatic heterocycles. The van der Waals surface area contributed by atoms with Crippen LogP contribution in [0.25, 0.3) is 0 Å². The molecule has 1 saturated carbocycles. The summed E-state index contributed by atoms with van der Waals surface area (Å²) in [5.74, 6) is 0. The van der Waals surface area contributed by atoms with Gasteiger partial charge in [-0.25, -0.2) is 0 Å². The van der Waals surface area contributed by atoms with E-state index in [2.05, 4.69) is 10.2 Å². The van der Waals surface area contributed by atoms with Gasteiger partial charge in [-0.05, 0) is 25.8 Å². The molecule has 0 amide bonds. The summed E-state index contributed by atoms with van der Waals surface area (Å²) in [6, 6.07) is 0.278. The maximum Gasteiger partial charge on any atom is 0.445 e. The lowest BCUT2D eigenvalue weighted by atomic mass is 10.2. The van der Waals surface area contributed by atoms with Gasteiger partial charge < -0.3 is 10.6 Å². The highest BCUT2D eigenvalue weighted by Gasteiger charge is 2.37. The molecule has 0 bridgehead atoms. The van der Waals surface area contributed by atoms with E-state index in [1.807, 2.05) is 4.90 Å². The van der Waals surface area contributed by atoms with Crippen molar-refractivity contribution >= 4 is 16.5 Å². The second-order valence-electron chi connectivity index (χ2n) is 4.66. The Balaban J connectivity index is 2.14. The van der Waals surface area contributed by atoms with Crippen LogP contribution in [0.15, 0.2) is 0 Å². The average molecular weight is 294 g/mol. The van der Waals surface area contributed by atoms with Crippen LogP contribution in [0.1, 0.15) is 37.1 Å². The number of aromatic nitrogens is 2. The summed E-state index contributed by atoms with van der Waals surface area (Å²) in [7, 11) is 0. The van der Waals surface area contributed by atoms with E-state index in [4.69, 9.17) is 5.73 Å². The Labute approximate surface area is 113 Å². The molecule has 0 unspecified atom stereocenters. The zero-order valence-electron chi connectivity index (χ0n) is 10.5. The van der Waals surface area contributed by atoms with Crippen molar-refractivity contribution < 1.29 is 13.2 Å². The lowest BCUT2D eigenvalue weighted by molar-refractivity contribution is -0.138. The zero-order valence-corrected chi connectivity index (χ0v) is 11.3. The van der Waals surface area contributed by atoms with Gasteiger partial charge in [-0.15, -0.1) is 10.2 Å². The van der Waals surface area contributed by atoms with E-state index in [0.717, 1.165) is 32.1 Å². The topological polar surface area (TPSA) is 55.0 Å². The minimum Gasteiger partial charge on any atom is -0.344 e. The summed E-state index contributed by atoms with van der Waals surface area (Å²) in [5, 5.41) is 6.46. The smallest absolute Gasteiger partial charge is 0.344 e. The molecule has 0 aliphatic heterocycles. The number of nitrogens with two attached hydrogens (primary N) is 1. The molecular weight excluding hydrogens is 277 g/mol. The van der Waals surface area contributed by atoms with Crippen molar-refractivity contribution in [2.24, 2.45) is 5.73 Å². The first kappa shape index (κ1) is 14.5. The lowest BCUT2D eigenvalue weighted by Crippen LogP contribution is -2.35. The normalized spacial score (nSPS) is 17.1. The summed E-state index contributed by atoms with van der Waals surface area (Å²) in [6.07, 6.45) is 0.586. The first-order chi connectivity index (χ1) is 9.02. The fraction of sp³-hybridized carbons (Fsp3) is 0.818. The van der Waals surface area contributed by atoms with Gasteiger partial charge >= 0.3 is 6.18 Å². The molecule has 0 saturated heterocycles. The van der Waals surface area contributed by atoms with E-state index >= 15 is 0 Å². The van der Waals surface area contributed by atoms with Gasteiger partial charge in [0.25, 0.3) is 0 Å². The SMILES string of the molecule is NCCCN(c1nnc(C(F)(F)F)s1)C1CCCC1. The highest BCUT2D eigenvalue weighted by Crippen LogP contribution is 2.36. The number of hydrogen-bond acceptors (Lipinski definition) is 5. The van der Waals surface area contributed by atoms with Gasteiger partial charge in [0.05, 0.1) is 0 Å². The van der Waals surface area contributed by atoms with Gasteiger partial charge in [0.2, 0.25) is 10.1 Å². The second kappa shape index (κ2) is 6.04. The summed E-state index contributed by atoms with van der Waals surface area (Å²) in [5.41, 5.74) is 5.49. The molecule has 0 radical (unpaired) electrons. The molecule has 0 atom stereocenters. The van der Waals surface area contributed by atoms with Crippen molar-refractivity contribution in [3.8, 4) is 0 Å². The van der Waals surface area contributed by atoms with Gasteiger partial charge in [-0.1, -0.05) is 24.2 Å². The van der Waals surface area contributed by atoms with Crippen molar-refractivity contribution in [1.82, 2.24) is 10.2 Å². The molecule has 108 valence electrons. The molecule has 1 aromatic rings. The Morgan fingerprint density at radius 1 is 1.26 bits per heavy atom. The highest BCUT2D eigenvalue weighted by atomic mass is 32.1. The van der Waals surface area contributed by atoms with Gasteiger partial charge in [-0.2, -0.15) is 13.2 Å². The zero-order chi connectivity index (χ0) is 13.9. The van der Waals surface area contributed by atoms with Gasteiger partial charge in [0.15, 0.2) is 0 Å². The summed E-state index contributed by atoms with van der Waals surface area (Å²) in [4.78, 5) is 1.95. The van der Waals surface area contributed by atoms with E-state index in [9.17, 15) is 13.2 Å². The minimum absolute atomic E-state index is 0.278. The van der Waals surface area contributed by atoms with E-state index in [1.54, 1.807) is 0 Å². The van der Waals surface area contributed by atoms with Crippen LogP contribution in [0.4, 0.5) is 18.3 Å². The number of halogens is 3. The summed E-state index contributed by atoms with van der Waals surface area (Å²) < 4.78 is 37.7. The summed E-state index contributed by atoms with van der Waals surface area (Å²) >= 11 is 0.623. The third kappa shape index (κ3) is 3.56. The minimum atomic E-state index is -4.41. The van der Waals surface area contributed by atoms with Crippen LogP contribution in [-0.2, 0) is 6.18 Å². The van der Waals surface area contributed by atoms with E-state index in [0.29, 0.717) is 29.6 Å². The van der Waals surface area contributed by atoms with Gasteiger partial charge in [0, 0.05) is 12.6 Å². The molecule has 0 spiro atoms. The molecule has 4 nitrogen and oxygen atoms in total. The van der Waals surface area contributed by atoms with Gasteiger partial charge in [-0.3, -0.25) is 0 Å². The number of hydrogen-bond donors (Lipinski definition) is 1. The highest BCUT2D eigenvalue weighted by molar-refractivity contribution is 7.15. The number of nitrogens with zero attached hydrogens (tertiary/aromatic N) is 3. The molecule has 1 aliphatic rings. The van der Waals surface area contributed by atoms with Crippen LogP contribution in [0, 0.1) is 0 Å². The van der Waals surface area contributed by atoms with E-state index in [1.165, 1.54) is 0 Å². The molecule has 1 heterocycles. The lowest BCUT2D eigenvalue weighted by Gasteiger charge is -2.27. The van der Waals surface area contributed by atoms with Crippen molar-refractivity contribution in [2.45, 2.75) is 44.3 Å².